The molecule has 1 aliphatic carbocycles. The summed E-state index contributed by atoms with van der Waals surface area (Å²) < 4.78 is 0. The third-order valence-electron chi connectivity index (χ3n) is 3.59. The van der Waals surface area contributed by atoms with Crippen molar-refractivity contribution in [2.45, 2.75) is 70.9 Å². The molecule has 0 aromatic rings. The minimum Gasteiger partial charge on any atom is -0.393 e. The van der Waals surface area contributed by atoms with Gasteiger partial charge in [0.05, 0.1) is 6.10 Å². The molecule has 90 valence electrons. The maximum atomic E-state index is 9.68. The lowest BCUT2D eigenvalue weighted by molar-refractivity contribution is 0.130. The van der Waals surface area contributed by atoms with E-state index in [1.165, 1.54) is 38.5 Å². The zero-order valence-electron chi connectivity index (χ0n) is 10.3. The van der Waals surface area contributed by atoms with E-state index < -0.39 is 0 Å². The van der Waals surface area contributed by atoms with Crippen molar-refractivity contribution in [2.24, 2.45) is 5.92 Å². The van der Waals surface area contributed by atoms with Gasteiger partial charge in [-0.2, -0.15) is 0 Å². The van der Waals surface area contributed by atoms with Gasteiger partial charge in [-0.05, 0) is 32.1 Å². The largest absolute Gasteiger partial charge is 0.393 e. The third-order valence-corrected chi connectivity index (χ3v) is 3.59. The van der Waals surface area contributed by atoms with Gasteiger partial charge in [0.15, 0.2) is 0 Å². The van der Waals surface area contributed by atoms with Crippen LogP contribution in [0.25, 0.3) is 0 Å². The molecule has 1 fully saturated rings. The fraction of sp³-hybridized carbons (Fsp3) is 1.00. The molecule has 1 aliphatic rings. The molecule has 0 saturated heterocycles. The van der Waals surface area contributed by atoms with Crippen molar-refractivity contribution in [3.05, 3.63) is 0 Å². The highest BCUT2D eigenvalue weighted by Gasteiger charge is 2.24. The molecule has 15 heavy (non-hydrogen) atoms. The van der Waals surface area contributed by atoms with Gasteiger partial charge < -0.3 is 10.4 Å². The van der Waals surface area contributed by atoms with E-state index in [2.05, 4.69) is 19.2 Å². The number of aliphatic hydroxyl groups excluding tert-OH is 1. The Morgan fingerprint density at radius 3 is 2.73 bits per heavy atom. The zero-order chi connectivity index (χ0) is 11.1. The maximum absolute atomic E-state index is 9.68. The van der Waals surface area contributed by atoms with Gasteiger partial charge in [0, 0.05) is 12.6 Å². The molecule has 0 heterocycles. The predicted molar refractivity (Wildman–Crippen MR) is 65.0 cm³/mol. The summed E-state index contributed by atoms with van der Waals surface area (Å²) in [6.07, 6.45) is 8.63. The average Bonchev–Trinajstić information content (AvgIpc) is 2.61. The number of hydrogen-bond donors (Lipinski definition) is 2. The Morgan fingerprint density at radius 1 is 1.33 bits per heavy atom. The Balaban J connectivity index is 2.03. The van der Waals surface area contributed by atoms with Gasteiger partial charge in [-0.15, -0.1) is 0 Å². The number of nitrogens with one attached hydrogen (secondary N) is 1. The summed E-state index contributed by atoms with van der Waals surface area (Å²) in [5.41, 5.74) is 0. The second kappa shape index (κ2) is 7.24. The van der Waals surface area contributed by atoms with Crippen LogP contribution in [-0.2, 0) is 0 Å². The summed E-state index contributed by atoms with van der Waals surface area (Å²) in [6, 6.07) is 0.615. The summed E-state index contributed by atoms with van der Waals surface area (Å²) in [6.45, 7) is 5.51. The van der Waals surface area contributed by atoms with Crippen molar-refractivity contribution in [1.82, 2.24) is 5.32 Å². The number of aliphatic hydroxyl groups is 1. The normalized spacial score (nSPS) is 28.2. The molecule has 1 rings (SSSR count). The molecule has 0 aliphatic heterocycles. The molecule has 3 atom stereocenters. The average molecular weight is 213 g/mol. The molecule has 0 radical (unpaired) electrons. The van der Waals surface area contributed by atoms with Gasteiger partial charge in [0.25, 0.3) is 0 Å². The monoisotopic (exact) mass is 213 g/mol. The van der Waals surface area contributed by atoms with E-state index in [4.69, 9.17) is 0 Å². The number of rotatable bonds is 7. The first kappa shape index (κ1) is 13.0. The third kappa shape index (κ3) is 4.98. The molecule has 1 saturated carbocycles. The molecule has 2 heteroatoms. The van der Waals surface area contributed by atoms with Crippen molar-refractivity contribution in [1.29, 1.82) is 0 Å². The molecule has 0 bridgehead atoms. The van der Waals surface area contributed by atoms with Crippen LogP contribution < -0.4 is 5.32 Å². The summed E-state index contributed by atoms with van der Waals surface area (Å²) in [5.74, 6) is 0.513. The van der Waals surface area contributed by atoms with Crippen LogP contribution in [0.3, 0.4) is 0 Å². The van der Waals surface area contributed by atoms with Crippen LogP contribution in [0.5, 0.6) is 0 Å². The van der Waals surface area contributed by atoms with Crippen LogP contribution in [0.2, 0.25) is 0 Å². The first-order valence-electron chi connectivity index (χ1n) is 6.65. The van der Waals surface area contributed by atoms with Gasteiger partial charge in [-0.1, -0.05) is 32.6 Å². The molecule has 2 N–H and O–H groups in total. The molecular formula is C13H27NO. The van der Waals surface area contributed by atoms with Crippen molar-refractivity contribution >= 4 is 0 Å². The second-order valence-corrected chi connectivity index (χ2v) is 5.06. The predicted octanol–water partition coefficient (Wildman–Crippen LogP) is 2.71. The van der Waals surface area contributed by atoms with Crippen molar-refractivity contribution < 1.29 is 5.11 Å². The molecule has 0 aromatic carbocycles. The summed E-state index contributed by atoms with van der Waals surface area (Å²) in [5, 5.41) is 13.2. The summed E-state index contributed by atoms with van der Waals surface area (Å²) >= 11 is 0. The van der Waals surface area contributed by atoms with E-state index in [1.807, 2.05) is 0 Å². The van der Waals surface area contributed by atoms with E-state index >= 15 is 0 Å². The van der Waals surface area contributed by atoms with E-state index in [1.54, 1.807) is 0 Å². The van der Waals surface area contributed by atoms with Gasteiger partial charge in [-0.25, -0.2) is 0 Å². The maximum Gasteiger partial charge on any atom is 0.0580 e. The molecular weight excluding hydrogens is 186 g/mol. The molecule has 0 spiro atoms. The van der Waals surface area contributed by atoms with Crippen LogP contribution in [-0.4, -0.2) is 23.8 Å². The smallest absolute Gasteiger partial charge is 0.0580 e. The highest BCUT2D eigenvalue weighted by molar-refractivity contribution is 4.79. The lowest BCUT2D eigenvalue weighted by Gasteiger charge is -2.19. The van der Waals surface area contributed by atoms with Gasteiger partial charge in [0.2, 0.25) is 0 Å². The van der Waals surface area contributed by atoms with Crippen LogP contribution in [0.15, 0.2) is 0 Å². The van der Waals surface area contributed by atoms with Crippen molar-refractivity contribution in [3.8, 4) is 0 Å². The highest BCUT2D eigenvalue weighted by atomic mass is 16.3. The lowest BCUT2D eigenvalue weighted by atomic mass is 10.0. The highest BCUT2D eigenvalue weighted by Crippen LogP contribution is 2.24. The second-order valence-electron chi connectivity index (χ2n) is 5.06. The van der Waals surface area contributed by atoms with Gasteiger partial charge >= 0.3 is 0 Å². The van der Waals surface area contributed by atoms with Crippen LogP contribution in [0.4, 0.5) is 0 Å². The Bertz CT molecular complexity index is 161. The minimum atomic E-state index is -0.0414. The Kier molecular flexibility index (Phi) is 6.26. The Morgan fingerprint density at radius 2 is 2.13 bits per heavy atom. The fourth-order valence-electron chi connectivity index (χ4n) is 2.41. The quantitative estimate of drug-likeness (QED) is 0.637. The fourth-order valence-corrected chi connectivity index (χ4v) is 2.41. The topological polar surface area (TPSA) is 32.3 Å². The number of unbranched alkanes of at least 4 members (excludes halogenated alkanes) is 2. The van der Waals surface area contributed by atoms with Crippen LogP contribution in [0.1, 0.15) is 58.8 Å². The zero-order valence-corrected chi connectivity index (χ0v) is 10.3. The van der Waals surface area contributed by atoms with Gasteiger partial charge in [0.1, 0.15) is 0 Å². The number of hydrogen-bond acceptors (Lipinski definition) is 2. The van der Waals surface area contributed by atoms with E-state index in [-0.39, 0.29) is 6.10 Å². The molecule has 2 nitrogen and oxygen atoms in total. The van der Waals surface area contributed by atoms with Crippen LogP contribution >= 0.6 is 0 Å². The summed E-state index contributed by atoms with van der Waals surface area (Å²) in [4.78, 5) is 0. The Hall–Kier alpha value is -0.0800. The van der Waals surface area contributed by atoms with Crippen LogP contribution in [0, 0.1) is 5.92 Å². The van der Waals surface area contributed by atoms with E-state index in [0.717, 1.165) is 13.0 Å². The van der Waals surface area contributed by atoms with Crippen molar-refractivity contribution in [3.63, 3.8) is 0 Å². The van der Waals surface area contributed by atoms with E-state index in [0.29, 0.717) is 12.0 Å². The first-order valence-corrected chi connectivity index (χ1v) is 6.65. The molecule has 0 amide bonds. The summed E-state index contributed by atoms with van der Waals surface area (Å²) in [7, 11) is 0. The molecule has 3 unspecified atom stereocenters. The van der Waals surface area contributed by atoms with Crippen molar-refractivity contribution in [2.75, 3.05) is 6.54 Å². The first-order chi connectivity index (χ1) is 7.24. The standard InChI is InChI=1S/C13H27NO/c1-3-4-5-7-11(2)14-10-12-8-6-9-13(12)15/h11-15H,3-10H2,1-2H3. The van der Waals surface area contributed by atoms with Gasteiger partial charge in [-0.3, -0.25) is 0 Å². The minimum absolute atomic E-state index is 0.0414. The molecule has 0 aromatic heterocycles. The lowest BCUT2D eigenvalue weighted by Crippen LogP contribution is -2.33. The Labute approximate surface area is 94.5 Å². The SMILES string of the molecule is CCCCCC(C)NCC1CCCC1O. The van der Waals surface area contributed by atoms with E-state index in [9.17, 15) is 5.11 Å².